The Kier molecular flexibility index (Phi) is 3.71. The number of aromatic carboxylic acids is 1. The molecule has 0 radical (unpaired) electrons. The van der Waals surface area contributed by atoms with Crippen LogP contribution in [0.15, 0.2) is 10.7 Å². The number of carboxylic acid groups (broad SMARTS) is 1. The maximum absolute atomic E-state index is 10.6. The van der Waals surface area contributed by atoms with E-state index in [9.17, 15) is 4.79 Å². The van der Waals surface area contributed by atoms with Crippen molar-refractivity contribution in [2.24, 2.45) is 5.92 Å². The van der Waals surface area contributed by atoms with E-state index in [2.05, 4.69) is 10.3 Å². The van der Waals surface area contributed by atoms with Crippen molar-refractivity contribution in [2.75, 3.05) is 23.4 Å². The highest BCUT2D eigenvalue weighted by Gasteiger charge is 2.15. The largest absolute Gasteiger partial charge is 0.476 e. The van der Waals surface area contributed by atoms with Crippen molar-refractivity contribution in [3.05, 3.63) is 12.0 Å². The zero-order valence-electron chi connectivity index (χ0n) is 8.81. The van der Waals surface area contributed by atoms with Crippen LogP contribution in [0.4, 0.5) is 6.01 Å². The van der Waals surface area contributed by atoms with Gasteiger partial charge in [-0.1, -0.05) is 0 Å². The van der Waals surface area contributed by atoms with Gasteiger partial charge >= 0.3 is 5.97 Å². The Hall–Kier alpha value is -1.17. The molecule has 0 unspecified atom stereocenters. The van der Waals surface area contributed by atoms with Crippen molar-refractivity contribution in [3.8, 4) is 0 Å². The first-order chi connectivity index (χ1) is 7.75. The lowest BCUT2D eigenvalue weighted by atomic mass is 10.0. The molecule has 5 nitrogen and oxygen atoms in total. The summed E-state index contributed by atoms with van der Waals surface area (Å²) in [7, 11) is 0. The number of thioether (sulfide) groups is 1. The average molecular weight is 242 g/mol. The van der Waals surface area contributed by atoms with Gasteiger partial charge in [0, 0.05) is 6.54 Å². The van der Waals surface area contributed by atoms with Gasteiger partial charge in [0.15, 0.2) is 5.69 Å². The fourth-order valence-corrected chi connectivity index (χ4v) is 2.84. The summed E-state index contributed by atoms with van der Waals surface area (Å²) in [6.45, 7) is 0.806. The van der Waals surface area contributed by atoms with Crippen molar-refractivity contribution >= 4 is 23.7 Å². The van der Waals surface area contributed by atoms with E-state index in [0.717, 1.165) is 12.8 Å². The standard InChI is InChI=1S/C10H14N2O3S/c13-9(14)8-6-15-10(12-8)11-5-7-1-3-16-4-2-7/h6-7H,1-5H2,(H,11,12)(H,13,14). The summed E-state index contributed by atoms with van der Waals surface area (Å²) >= 11 is 1.98. The molecule has 1 fully saturated rings. The molecule has 2 heterocycles. The van der Waals surface area contributed by atoms with Gasteiger partial charge < -0.3 is 14.8 Å². The Labute approximate surface area is 97.6 Å². The van der Waals surface area contributed by atoms with Crippen LogP contribution >= 0.6 is 11.8 Å². The molecule has 0 spiro atoms. The third-order valence-electron chi connectivity index (χ3n) is 2.61. The van der Waals surface area contributed by atoms with Crippen LogP contribution in [0.2, 0.25) is 0 Å². The molecule has 2 rings (SSSR count). The van der Waals surface area contributed by atoms with Gasteiger partial charge in [-0.25, -0.2) is 4.79 Å². The van der Waals surface area contributed by atoms with Crippen molar-refractivity contribution in [1.82, 2.24) is 4.98 Å². The Bertz CT molecular complexity index is 361. The van der Waals surface area contributed by atoms with Gasteiger partial charge in [0.25, 0.3) is 6.01 Å². The summed E-state index contributed by atoms with van der Waals surface area (Å²) in [5.41, 5.74) is -0.0540. The quantitative estimate of drug-likeness (QED) is 0.840. The van der Waals surface area contributed by atoms with Crippen LogP contribution in [0.5, 0.6) is 0 Å². The predicted octanol–water partition coefficient (Wildman–Crippen LogP) is 1.93. The molecular weight excluding hydrogens is 228 g/mol. The van der Waals surface area contributed by atoms with Crippen LogP contribution in [0.3, 0.4) is 0 Å². The van der Waals surface area contributed by atoms with Gasteiger partial charge in [-0.05, 0) is 30.3 Å². The van der Waals surface area contributed by atoms with Gasteiger partial charge in [-0.2, -0.15) is 16.7 Å². The number of anilines is 1. The van der Waals surface area contributed by atoms with Crippen molar-refractivity contribution in [2.45, 2.75) is 12.8 Å². The number of carbonyl (C=O) groups is 1. The monoisotopic (exact) mass is 242 g/mol. The SMILES string of the molecule is O=C(O)c1coc(NCC2CCSCC2)n1. The molecule has 0 aromatic carbocycles. The second-order valence-corrected chi connectivity index (χ2v) is 5.00. The molecule has 1 aliphatic rings. The summed E-state index contributed by atoms with van der Waals surface area (Å²) < 4.78 is 5.01. The summed E-state index contributed by atoms with van der Waals surface area (Å²) in [5, 5.41) is 11.7. The number of nitrogens with one attached hydrogen (secondary N) is 1. The third kappa shape index (κ3) is 2.91. The van der Waals surface area contributed by atoms with E-state index in [0.29, 0.717) is 11.9 Å². The minimum absolute atomic E-state index is 0.0540. The number of rotatable bonds is 4. The first-order valence-electron chi connectivity index (χ1n) is 5.26. The highest BCUT2D eigenvalue weighted by atomic mass is 32.2. The maximum Gasteiger partial charge on any atom is 0.357 e. The average Bonchev–Trinajstić information content (AvgIpc) is 2.76. The van der Waals surface area contributed by atoms with Crippen molar-refractivity contribution < 1.29 is 14.3 Å². The zero-order valence-corrected chi connectivity index (χ0v) is 9.63. The van der Waals surface area contributed by atoms with E-state index in [1.54, 1.807) is 0 Å². The lowest BCUT2D eigenvalue weighted by Gasteiger charge is -2.20. The van der Waals surface area contributed by atoms with E-state index in [1.807, 2.05) is 11.8 Å². The van der Waals surface area contributed by atoms with E-state index in [-0.39, 0.29) is 5.69 Å². The van der Waals surface area contributed by atoms with Crippen molar-refractivity contribution in [1.29, 1.82) is 0 Å². The molecule has 88 valence electrons. The van der Waals surface area contributed by atoms with Gasteiger partial charge in [0.05, 0.1) is 0 Å². The number of hydrogen-bond donors (Lipinski definition) is 2. The van der Waals surface area contributed by atoms with Gasteiger partial charge in [0.1, 0.15) is 6.26 Å². The first kappa shape index (κ1) is 11.3. The second kappa shape index (κ2) is 5.25. The lowest BCUT2D eigenvalue weighted by Crippen LogP contribution is -2.19. The van der Waals surface area contributed by atoms with E-state index in [1.165, 1.54) is 24.3 Å². The lowest BCUT2D eigenvalue weighted by molar-refractivity contribution is 0.0690. The fraction of sp³-hybridized carbons (Fsp3) is 0.600. The van der Waals surface area contributed by atoms with Crippen LogP contribution < -0.4 is 5.32 Å². The molecule has 1 aromatic rings. The molecule has 2 N–H and O–H groups in total. The molecule has 1 aromatic heterocycles. The summed E-state index contributed by atoms with van der Waals surface area (Å²) in [6.07, 6.45) is 3.55. The zero-order chi connectivity index (χ0) is 11.4. The Morgan fingerprint density at radius 3 is 3.00 bits per heavy atom. The van der Waals surface area contributed by atoms with Crippen LogP contribution in [-0.4, -0.2) is 34.1 Å². The molecule has 0 bridgehead atoms. The van der Waals surface area contributed by atoms with Gasteiger partial charge in [-0.3, -0.25) is 0 Å². The Morgan fingerprint density at radius 2 is 2.38 bits per heavy atom. The summed E-state index contributed by atoms with van der Waals surface area (Å²) in [4.78, 5) is 14.4. The number of hydrogen-bond acceptors (Lipinski definition) is 5. The molecule has 16 heavy (non-hydrogen) atoms. The third-order valence-corrected chi connectivity index (χ3v) is 3.65. The van der Waals surface area contributed by atoms with E-state index < -0.39 is 5.97 Å². The molecule has 0 aliphatic carbocycles. The van der Waals surface area contributed by atoms with Crippen molar-refractivity contribution in [3.63, 3.8) is 0 Å². The highest BCUT2D eigenvalue weighted by molar-refractivity contribution is 7.99. The Morgan fingerprint density at radius 1 is 1.62 bits per heavy atom. The fourth-order valence-electron chi connectivity index (χ4n) is 1.64. The Balaban J connectivity index is 1.81. The molecule has 0 amide bonds. The normalized spacial score (nSPS) is 17.2. The van der Waals surface area contributed by atoms with Gasteiger partial charge in [0.2, 0.25) is 0 Å². The molecule has 1 aliphatic heterocycles. The molecule has 1 saturated heterocycles. The number of aromatic nitrogens is 1. The topological polar surface area (TPSA) is 75.4 Å². The number of nitrogens with zero attached hydrogens (tertiary/aromatic N) is 1. The maximum atomic E-state index is 10.6. The smallest absolute Gasteiger partial charge is 0.357 e. The first-order valence-corrected chi connectivity index (χ1v) is 6.41. The van der Waals surface area contributed by atoms with Crippen LogP contribution in [0, 0.1) is 5.92 Å². The van der Waals surface area contributed by atoms with Crippen LogP contribution in [0.25, 0.3) is 0 Å². The minimum Gasteiger partial charge on any atom is -0.476 e. The predicted molar refractivity (Wildman–Crippen MR) is 62.0 cm³/mol. The van der Waals surface area contributed by atoms with Gasteiger partial charge in [-0.15, -0.1) is 0 Å². The van der Waals surface area contributed by atoms with E-state index in [4.69, 9.17) is 9.52 Å². The molecule has 6 heteroatoms. The molecular formula is C10H14N2O3S. The second-order valence-electron chi connectivity index (χ2n) is 3.78. The van der Waals surface area contributed by atoms with Crippen LogP contribution in [0.1, 0.15) is 23.3 Å². The minimum atomic E-state index is -1.06. The summed E-state index contributed by atoms with van der Waals surface area (Å²) in [6, 6.07) is 0.302. The summed E-state index contributed by atoms with van der Waals surface area (Å²) in [5.74, 6) is 1.99. The van der Waals surface area contributed by atoms with Crippen LogP contribution in [-0.2, 0) is 0 Å². The highest BCUT2D eigenvalue weighted by Crippen LogP contribution is 2.22. The number of oxazole rings is 1. The number of carboxylic acids is 1. The van der Waals surface area contributed by atoms with E-state index >= 15 is 0 Å². The molecule has 0 saturated carbocycles. The molecule has 0 atom stereocenters.